The number of fused-ring (bicyclic) bond motifs is 1. The largest absolute Gasteiger partial charge is 0.493 e. The average Bonchev–Trinajstić information content (AvgIpc) is 2.83. The molecule has 3 aromatic carbocycles. The second-order valence-electron chi connectivity index (χ2n) is 9.30. The zero-order valence-corrected chi connectivity index (χ0v) is 20.6. The third kappa shape index (κ3) is 4.12. The third-order valence-corrected chi connectivity index (χ3v) is 6.62. The Kier molecular flexibility index (Phi) is 6.15. The lowest BCUT2D eigenvalue weighted by atomic mass is 9.86. The summed E-state index contributed by atoms with van der Waals surface area (Å²) in [6.07, 6.45) is 2.72. The molecular formula is C29H29FN2O3. The van der Waals surface area contributed by atoms with Crippen molar-refractivity contribution in [3.05, 3.63) is 70.7 Å². The molecule has 35 heavy (non-hydrogen) atoms. The van der Waals surface area contributed by atoms with Gasteiger partial charge in [0.25, 0.3) is 0 Å². The quantitative estimate of drug-likeness (QED) is 0.342. The van der Waals surface area contributed by atoms with Crippen molar-refractivity contribution in [3.63, 3.8) is 0 Å². The predicted molar refractivity (Wildman–Crippen MR) is 136 cm³/mol. The van der Waals surface area contributed by atoms with Crippen LogP contribution >= 0.6 is 0 Å². The summed E-state index contributed by atoms with van der Waals surface area (Å²) in [5.74, 6) is 0.267. The molecular weight excluding hydrogens is 443 g/mol. The fourth-order valence-electron chi connectivity index (χ4n) is 5.12. The Bertz CT molecular complexity index is 1450. The molecule has 5 rings (SSSR count). The van der Waals surface area contributed by atoms with Gasteiger partial charge in [-0.15, -0.1) is 0 Å². The van der Waals surface area contributed by atoms with Gasteiger partial charge in [0.15, 0.2) is 0 Å². The van der Waals surface area contributed by atoms with E-state index in [4.69, 9.17) is 14.5 Å². The van der Waals surface area contributed by atoms with Crippen LogP contribution in [0.25, 0.3) is 32.8 Å². The maximum Gasteiger partial charge on any atom is 0.310 e. The molecule has 0 bridgehead atoms. The van der Waals surface area contributed by atoms with E-state index in [-0.39, 0.29) is 18.2 Å². The molecule has 0 N–H and O–H groups in total. The summed E-state index contributed by atoms with van der Waals surface area (Å²) >= 11 is 0. The molecule has 0 amide bonds. The van der Waals surface area contributed by atoms with Gasteiger partial charge in [0.05, 0.1) is 25.2 Å². The molecule has 0 spiro atoms. The minimum atomic E-state index is -0.306. The molecule has 1 aliphatic heterocycles. The van der Waals surface area contributed by atoms with E-state index in [1.807, 2.05) is 68.5 Å². The van der Waals surface area contributed by atoms with Crippen molar-refractivity contribution < 1.29 is 18.7 Å². The van der Waals surface area contributed by atoms with Crippen molar-refractivity contribution in [3.8, 4) is 16.9 Å². The van der Waals surface area contributed by atoms with Crippen LogP contribution in [0.2, 0.25) is 0 Å². The molecule has 6 heteroatoms. The van der Waals surface area contributed by atoms with Gasteiger partial charge in [-0.3, -0.25) is 9.78 Å². The standard InChI is InChI=1S/C29H29FN2O3/c1-5-34-25(33)15-22-17(2)14-23-20(7-6-19(28(23)30)16-32(3)4)27(22)21-8-9-24-26-18(11-13-35-24)10-12-31-29(21)26/h6-10,12,14H,5,11,13,15-16H2,1-4H3. The van der Waals surface area contributed by atoms with Crippen molar-refractivity contribution in [2.45, 2.75) is 33.2 Å². The minimum absolute atomic E-state index is 0.103. The molecule has 0 radical (unpaired) electrons. The van der Waals surface area contributed by atoms with E-state index in [0.717, 1.165) is 50.7 Å². The molecule has 5 nitrogen and oxygen atoms in total. The van der Waals surface area contributed by atoms with Crippen molar-refractivity contribution in [1.29, 1.82) is 0 Å². The lowest BCUT2D eigenvalue weighted by Crippen LogP contribution is -2.13. The molecule has 0 fully saturated rings. The van der Waals surface area contributed by atoms with Gasteiger partial charge in [-0.1, -0.05) is 12.1 Å². The van der Waals surface area contributed by atoms with Crippen LogP contribution in [0.15, 0.2) is 42.6 Å². The summed E-state index contributed by atoms with van der Waals surface area (Å²) in [6, 6.07) is 11.6. The lowest BCUT2D eigenvalue weighted by molar-refractivity contribution is -0.142. The fourth-order valence-corrected chi connectivity index (χ4v) is 5.12. The van der Waals surface area contributed by atoms with Crippen molar-refractivity contribution >= 4 is 27.6 Å². The summed E-state index contributed by atoms with van der Waals surface area (Å²) in [4.78, 5) is 19.3. The van der Waals surface area contributed by atoms with E-state index in [1.54, 1.807) is 6.92 Å². The Morgan fingerprint density at radius 1 is 1.17 bits per heavy atom. The summed E-state index contributed by atoms with van der Waals surface area (Å²) < 4.78 is 27.0. The molecule has 0 aliphatic carbocycles. The zero-order chi connectivity index (χ0) is 24.7. The lowest BCUT2D eigenvalue weighted by Gasteiger charge is -2.22. The number of benzene rings is 3. The number of hydrogen-bond acceptors (Lipinski definition) is 5. The number of esters is 1. The number of carbonyl (C=O) groups is 1. The molecule has 0 saturated heterocycles. The van der Waals surface area contributed by atoms with Crippen LogP contribution in [0, 0.1) is 12.7 Å². The first-order chi connectivity index (χ1) is 16.9. The van der Waals surface area contributed by atoms with Gasteiger partial charge in [-0.25, -0.2) is 4.39 Å². The topological polar surface area (TPSA) is 51.7 Å². The summed E-state index contributed by atoms with van der Waals surface area (Å²) in [5.41, 5.74) is 5.98. The highest BCUT2D eigenvalue weighted by atomic mass is 19.1. The van der Waals surface area contributed by atoms with E-state index in [0.29, 0.717) is 30.7 Å². The maximum atomic E-state index is 15.8. The highest BCUT2D eigenvalue weighted by molar-refractivity contribution is 6.08. The number of rotatable bonds is 6. The number of aromatic nitrogens is 1. The Balaban J connectivity index is 1.84. The van der Waals surface area contributed by atoms with Crippen molar-refractivity contribution in [2.75, 3.05) is 27.3 Å². The minimum Gasteiger partial charge on any atom is -0.493 e. The van der Waals surface area contributed by atoms with Gasteiger partial charge in [0.1, 0.15) is 11.6 Å². The average molecular weight is 473 g/mol. The van der Waals surface area contributed by atoms with Crippen LogP contribution in [0.5, 0.6) is 5.75 Å². The van der Waals surface area contributed by atoms with Gasteiger partial charge in [0.2, 0.25) is 0 Å². The Hall–Kier alpha value is -3.51. The summed E-state index contributed by atoms with van der Waals surface area (Å²) in [7, 11) is 3.84. The third-order valence-electron chi connectivity index (χ3n) is 6.62. The van der Waals surface area contributed by atoms with Crippen molar-refractivity contribution in [1.82, 2.24) is 9.88 Å². The number of carbonyl (C=O) groups excluding carboxylic acids is 1. The number of halogens is 1. The number of aryl methyl sites for hydroxylation is 1. The first-order valence-electron chi connectivity index (χ1n) is 12.0. The van der Waals surface area contributed by atoms with E-state index < -0.39 is 0 Å². The van der Waals surface area contributed by atoms with Gasteiger partial charge in [-0.05, 0) is 79.8 Å². The number of hydrogen-bond donors (Lipinski definition) is 0. The highest BCUT2D eigenvalue weighted by Crippen LogP contribution is 2.43. The van der Waals surface area contributed by atoms with Crippen LogP contribution in [0.4, 0.5) is 4.39 Å². The second kappa shape index (κ2) is 9.27. The molecule has 2 heterocycles. The first-order valence-corrected chi connectivity index (χ1v) is 12.0. The normalized spacial score (nSPS) is 12.9. The van der Waals surface area contributed by atoms with Gasteiger partial charge < -0.3 is 14.4 Å². The van der Waals surface area contributed by atoms with E-state index in [2.05, 4.69) is 0 Å². The molecule has 1 aliphatic rings. The van der Waals surface area contributed by atoms with Crippen LogP contribution in [0.1, 0.15) is 29.2 Å². The molecule has 1 aromatic heterocycles. The number of pyridine rings is 1. The summed E-state index contributed by atoms with van der Waals surface area (Å²) in [5, 5.41) is 2.29. The van der Waals surface area contributed by atoms with Crippen LogP contribution < -0.4 is 4.74 Å². The number of nitrogens with zero attached hydrogens (tertiary/aromatic N) is 2. The zero-order valence-electron chi connectivity index (χ0n) is 20.6. The van der Waals surface area contributed by atoms with Crippen molar-refractivity contribution in [2.24, 2.45) is 0 Å². The summed E-state index contributed by atoms with van der Waals surface area (Å²) in [6.45, 7) is 5.16. The van der Waals surface area contributed by atoms with Gasteiger partial charge in [0, 0.05) is 41.1 Å². The van der Waals surface area contributed by atoms with E-state index in [9.17, 15) is 4.79 Å². The Labute approximate surface area is 204 Å². The first kappa shape index (κ1) is 23.2. The second-order valence-corrected chi connectivity index (χ2v) is 9.30. The Morgan fingerprint density at radius 3 is 2.77 bits per heavy atom. The Morgan fingerprint density at radius 2 is 2.00 bits per heavy atom. The molecule has 0 atom stereocenters. The molecule has 0 unspecified atom stereocenters. The maximum absolute atomic E-state index is 15.8. The molecule has 180 valence electrons. The van der Waals surface area contributed by atoms with Crippen LogP contribution in [-0.2, 0) is 28.9 Å². The number of ether oxygens (including phenoxy) is 2. The van der Waals surface area contributed by atoms with E-state index in [1.165, 1.54) is 5.56 Å². The SMILES string of the molecule is CCOC(=O)Cc1c(C)cc2c(F)c(CN(C)C)ccc2c1-c1ccc2c3c(ccnc13)CCO2. The van der Waals surface area contributed by atoms with Gasteiger partial charge >= 0.3 is 5.97 Å². The van der Waals surface area contributed by atoms with Gasteiger partial charge in [-0.2, -0.15) is 0 Å². The van der Waals surface area contributed by atoms with Crippen LogP contribution in [-0.4, -0.2) is 43.2 Å². The molecule has 0 saturated carbocycles. The van der Waals surface area contributed by atoms with E-state index >= 15 is 4.39 Å². The monoisotopic (exact) mass is 472 g/mol. The smallest absolute Gasteiger partial charge is 0.310 e. The fraction of sp³-hybridized carbons (Fsp3) is 0.310. The van der Waals surface area contributed by atoms with Crippen LogP contribution in [0.3, 0.4) is 0 Å². The molecule has 4 aromatic rings. The predicted octanol–water partition coefficient (Wildman–Crippen LogP) is 5.60. The highest BCUT2D eigenvalue weighted by Gasteiger charge is 2.24.